The van der Waals surface area contributed by atoms with Gasteiger partial charge >= 0.3 is 0 Å². The van der Waals surface area contributed by atoms with Crippen molar-refractivity contribution in [3.05, 3.63) is 64.6 Å². The van der Waals surface area contributed by atoms with Gasteiger partial charge in [-0.1, -0.05) is 52.3 Å². The van der Waals surface area contributed by atoms with Crippen LogP contribution in [0.4, 0.5) is 0 Å². The van der Waals surface area contributed by atoms with E-state index in [0.717, 1.165) is 22.9 Å². The Labute approximate surface area is 162 Å². The van der Waals surface area contributed by atoms with Crippen LogP contribution in [0.25, 0.3) is 0 Å². The maximum atomic E-state index is 12.7. The van der Waals surface area contributed by atoms with Crippen molar-refractivity contribution >= 4 is 34.2 Å². The van der Waals surface area contributed by atoms with Gasteiger partial charge in [0, 0.05) is 22.6 Å². The van der Waals surface area contributed by atoms with Gasteiger partial charge in [-0.15, -0.1) is 12.4 Å². The van der Waals surface area contributed by atoms with Crippen molar-refractivity contribution in [3.63, 3.8) is 0 Å². The lowest BCUT2D eigenvalue weighted by Gasteiger charge is -2.20. The first-order valence-corrected chi connectivity index (χ1v) is 8.93. The Morgan fingerprint density at radius 3 is 2.56 bits per heavy atom. The lowest BCUT2D eigenvalue weighted by molar-refractivity contribution is -0.128. The lowest BCUT2D eigenvalue weighted by Crippen LogP contribution is -2.41. The molecule has 6 heteroatoms. The van der Waals surface area contributed by atoms with Crippen LogP contribution in [0.5, 0.6) is 5.75 Å². The van der Waals surface area contributed by atoms with E-state index in [1.165, 1.54) is 0 Å². The molecule has 0 radical (unpaired) electrons. The van der Waals surface area contributed by atoms with Crippen LogP contribution in [-0.4, -0.2) is 18.5 Å². The predicted octanol–water partition coefficient (Wildman–Crippen LogP) is 3.84. The monoisotopic (exact) mass is 424 g/mol. The minimum Gasteiger partial charge on any atom is -0.476 e. The van der Waals surface area contributed by atoms with Gasteiger partial charge in [-0.3, -0.25) is 4.79 Å². The Kier molecular flexibility index (Phi) is 7.29. The predicted molar refractivity (Wildman–Crippen MR) is 105 cm³/mol. The number of amides is 1. The smallest absolute Gasteiger partial charge is 0.265 e. The summed E-state index contributed by atoms with van der Waals surface area (Å²) in [5.74, 6) is 1.02. The Bertz CT molecular complexity index is 695. The molecule has 0 heterocycles. The first kappa shape index (κ1) is 19.8. The molecular formula is C19H22BrClN2O2. The number of nitrogens with one attached hydrogen (secondary N) is 1. The molecule has 1 aliphatic rings. The highest BCUT2D eigenvalue weighted by atomic mass is 79.9. The molecular weight excluding hydrogens is 404 g/mol. The summed E-state index contributed by atoms with van der Waals surface area (Å²) >= 11 is 3.42. The van der Waals surface area contributed by atoms with E-state index in [-0.39, 0.29) is 24.4 Å². The normalized spacial score (nSPS) is 15.6. The fraction of sp³-hybridized carbons (Fsp3) is 0.316. The lowest BCUT2D eigenvalue weighted by atomic mass is 10.1. The molecule has 0 spiro atoms. The van der Waals surface area contributed by atoms with Gasteiger partial charge in [-0.05, 0) is 37.0 Å². The third-order valence-electron chi connectivity index (χ3n) is 4.13. The summed E-state index contributed by atoms with van der Waals surface area (Å²) in [6, 6.07) is 17.0. The number of rotatable bonds is 7. The standard InChI is InChI=1S/C19H21BrN2O2.ClH/c20-15-7-4-8-16(11-15)24-18(14-5-2-1-3-6-14)19(23)22-12-17(21)13-9-10-13;/h1-8,11,13,17-18H,9-10,12,21H2,(H,22,23);1H. The van der Waals surface area contributed by atoms with Gasteiger partial charge in [-0.25, -0.2) is 0 Å². The average molecular weight is 426 g/mol. The van der Waals surface area contributed by atoms with Gasteiger partial charge in [0.1, 0.15) is 5.75 Å². The van der Waals surface area contributed by atoms with Crippen molar-refractivity contribution < 1.29 is 9.53 Å². The molecule has 25 heavy (non-hydrogen) atoms. The number of nitrogens with two attached hydrogens (primary N) is 1. The van der Waals surface area contributed by atoms with Crippen molar-refractivity contribution in [3.8, 4) is 5.75 Å². The van der Waals surface area contributed by atoms with E-state index in [4.69, 9.17) is 10.5 Å². The zero-order chi connectivity index (χ0) is 16.9. The molecule has 2 aromatic carbocycles. The number of halogens is 2. The van der Waals surface area contributed by atoms with E-state index in [0.29, 0.717) is 18.2 Å². The Hall–Kier alpha value is -1.56. The van der Waals surface area contributed by atoms with Crippen molar-refractivity contribution in [1.82, 2.24) is 5.32 Å². The van der Waals surface area contributed by atoms with Crippen LogP contribution in [0.2, 0.25) is 0 Å². The van der Waals surface area contributed by atoms with Crippen molar-refractivity contribution in [2.75, 3.05) is 6.54 Å². The van der Waals surface area contributed by atoms with Gasteiger partial charge < -0.3 is 15.8 Å². The molecule has 3 rings (SSSR count). The van der Waals surface area contributed by atoms with E-state index in [9.17, 15) is 4.79 Å². The number of benzene rings is 2. The number of ether oxygens (including phenoxy) is 1. The molecule has 2 unspecified atom stereocenters. The molecule has 0 aromatic heterocycles. The summed E-state index contributed by atoms with van der Waals surface area (Å²) in [7, 11) is 0. The summed E-state index contributed by atoms with van der Waals surface area (Å²) < 4.78 is 6.87. The van der Waals surface area contributed by atoms with E-state index < -0.39 is 6.10 Å². The molecule has 0 saturated heterocycles. The van der Waals surface area contributed by atoms with E-state index in [2.05, 4.69) is 21.2 Å². The fourth-order valence-corrected chi connectivity index (χ4v) is 2.96. The highest BCUT2D eigenvalue weighted by Gasteiger charge is 2.30. The van der Waals surface area contributed by atoms with Crippen LogP contribution in [0.3, 0.4) is 0 Å². The Morgan fingerprint density at radius 1 is 1.20 bits per heavy atom. The highest BCUT2D eigenvalue weighted by molar-refractivity contribution is 9.10. The molecule has 4 nitrogen and oxygen atoms in total. The zero-order valence-electron chi connectivity index (χ0n) is 13.7. The fourth-order valence-electron chi connectivity index (χ4n) is 2.58. The number of carbonyl (C=O) groups excluding carboxylic acids is 1. The SMILES string of the molecule is Cl.NC(CNC(=O)C(Oc1cccc(Br)c1)c1ccccc1)C1CC1. The molecule has 134 valence electrons. The molecule has 2 aromatic rings. The van der Waals surface area contributed by atoms with Crippen LogP contribution >= 0.6 is 28.3 Å². The molecule has 1 amide bonds. The number of carbonyl (C=O) groups is 1. The van der Waals surface area contributed by atoms with Gasteiger partial charge in [0.05, 0.1) is 0 Å². The molecule has 2 atom stereocenters. The van der Waals surface area contributed by atoms with Gasteiger partial charge in [0.25, 0.3) is 5.91 Å². The summed E-state index contributed by atoms with van der Waals surface area (Å²) in [5, 5.41) is 2.94. The Morgan fingerprint density at radius 2 is 1.92 bits per heavy atom. The van der Waals surface area contributed by atoms with Crippen LogP contribution in [0.1, 0.15) is 24.5 Å². The average Bonchev–Trinajstić information content (AvgIpc) is 3.43. The van der Waals surface area contributed by atoms with Crippen LogP contribution in [0, 0.1) is 5.92 Å². The molecule has 3 N–H and O–H groups in total. The highest BCUT2D eigenvalue weighted by Crippen LogP contribution is 2.31. The third-order valence-corrected chi connectivity index (χ3v) is 4.62. The van der Waals surface area contributed by atoms with Crippen LogP contribution < -0.4 is 15.8 Å². The second-order valence-electron chi connectivity index (χ2n) is 6.11. The molecule has 1 fully saturated rings. The number of hydrogen-bond acceptors (Lipinski definition) is 3. The zero-order valence-corrected chi connectivity index (χ0v) is 16.1. The molecule has 1 aliphatic carbocycles. The van der Waals surface area contributed by atoms with E-state index in [1.807, 2.05) is 54.6 Å². The van der Waals surface area contributed by atoms with E-state index >= 15 is 0 Å². The summed E-state index contributed by atoms with van der Waals surface area (Å²) in [5.41, 5.74) is 6.89. The van der Waals surface area contributed by atoms with Crippen molar-refractivity contribution in [2.45, 2.75) is 25.0 Å². The molecule has 0 bridgehead atoms. The first-order chi connectivity index (χ1) is 11.6. The summed E-state index contributed by atoms with van der Waals surface area (Å²) in [6.07, 6.45) is 1.62. The summed E-state index contributed by atoms with van der Waals surface area (Å²) in [6.45, 7) is 0.481. The largest absolute Gasteiger partial charge is 0.476 e. The minimum atomic E-state index is -0.702. The molecule has 1 saturated carbocycles. The quantitative estimate of drug-likeness (QED) is 0.708. The topological polar surface area (TPSA) is 64.3 Å². The molecule has 0 aliphatic heterocycles. The third kappa shape index (κ3) is 5.73. The minimum absolute atomic E-state index is 0. The Balaban J connectivity index is 0.00000225. The number of hydrogen-bond donors (Lipinski definition) is 2. The second kappa shape index (κ2) is 9.22. The maximum Gasteiger partial charge on any atom is 0.265 e. The van der Waals surface area contributed by atoms with E-state index in [1.54, 1.807) is 0 Å². The van der Waals surface area contributed by atoms with Crippen molar-refractivity contribution in [1.29, 1.82) is 0 Å². The second-order valence-corrected chi connectivity index (χ2v) is 7.03. The summed E-state index contributed by atoms with van der Waals surface area (Å²) in [4.78, 5) is 12.7. The maximum absolute atomic E-state index is 12.7. The first-order valence-electron chi connectivity index (χ1n) is 8.14. The van der Waals surface area contributed by atoms with Gasteiger partial charge in [-0.2, -0.15) is 0 Å². The van der Waals surface area contributed by atoms with Gasteiger partial charge in [0.2, 0.25) is 6.10 Å². The van der Waals surface area contributed by atoms with Crippen LogP contribution in [0.15, 0.2) is 59.1 Å². The van der Waals surface area contributed by atoms with Crippen molar-refractivity contribution in [2.24, 2.45) is 11.7 Å². The van der Waals surface area contributed by atoms with Crippen LogP contribution in [-0.2, 0) is 4.79 Å². The van der Waals surface area contributed by atoms with Gasteiger partial charge in [0.15, 0.2) is 0 Å².